The van der Waals surface area contributed by atoms with E-state index in [0.29, 0.717) is 61.5 Å². The van der Waals surface area contributed by atoms with E-state index < -0.39 is 17.5 Å². The highest BCUT2D eigenvalue weighted by Gasteiger charge is 2.24. The zero-order valence-electron chi connectivity index (χ0n) is 65.8. The molecule has 1 N–H and O–H groups in total. The Morgan fingerprint density at radius 2 is 0.520 bits per heavy atom. The molecule has 0 aromatic rings. The number of thioether (sulfide) groups is 2. The molecule has 580 valence electrons. The van der Waals surface area contributed by atoms with Gasteiger partial charge < -0.3 is 28.8 Å². The lowest BCUT2D eigenvalue weighted by Crippen LogP contribution is -2.29. The number of carboxylic acid groups (broad SMARTS) is 1. The van der Waals surface area contributed by atoms with Crippen molar-refractivity contribution in [3.05, 3.63) is 0 Å². The third-order valence-electron chi connectivity index (χ3n) is 18.5. The fraction of sp³-hybridized carbons (Fsp3) is 0.929. The molecule has 0 saturated heterocycles. The van der Waals surface area contributed by atoms with Crippen molar-refractivity contribution < 1.29 is 57.6 Å². The van der Waals surface area contributed by atoms with Crippen molar-refractivity contribution in [2.75, 3.05) is 36.2 Å². The number of aliphatic carboxylic acids is 1. The predicted molar refractivity (Wildman–Crippen MR) is 419 cm³/mol. The summed E-state index contributed by atoms with van der Waals surface area (Å²) in [5, 5.41) is 9.18. The Morgan fingerprint density at radius 3 is 0.745 bits per heavy atom. The van der Waals surface area contributed by atoms with Crippen LogP contribution in [0, 0.1) is 11.8 Å². The van der Waals surface area contributed by atoms with Crippen molar-refractivity contribution >= 4 is 59.3 Å². The third-order valence-corrected chi connectivity index (χ3v) is 21.2. The summed E-state index contributed by atoms with van der Waals surface area (Å²) < 4.78 is 28.2. The SMILES string of the molecule is CCCCCCCCCCCCCCCC(=O)OCCC(CSC[C@H](C)C(=O)O)OC(=O)CCCCCCCCCCCCCCC.CCCCCCCCCCCCCCCC(=O)OCCC(CSC[C@H](C)C(=O)OC(C)(C)C)OC(=O)CCCCCCCCCCCCCCC. The molecule has 0 aromatic carbocycles. The second-order valence-electron chi connectivity index (χ2n) is 30.0. The van der Waals surface area contributed by atoms with Crippen LogP contribution < -0.4 is 0 Å². The van der Waals surface area contributed by atoms with Crippen LogP contribution in [0.3, 0.4) is 0 Å². The van der Waals surface area contributed by atoms with Crippen LogP contribution in [0.2, 0.25) is 0 Å². The molecule has 0 aliphatic rings. The van der Waals surface area contributed by atoms with Gasteiger partial charge in [0.25, 0.3) is 0 Å². The molecule has 0 aliphatic carbocycles. The monoisotopic (exact) mass is 1430 g/mol. The number of carbonyl (C=O) groups is 6. The molecule has 2 unspecified atom stereocenters. The number of esters is 5. The lowest BCUT2D eigenvalue weighted by molar-refractivity contribution is -0.158. The first-order valence-electron chi connectivity index (χ1n) is 41.8. The molecule has 0 radical (unpaired) electrons. The largest absolute Gasteiger partial charge is 0.481 e. The number of hydrogen-bond acceptors (Lipinski definition) is 13. The fourth-order valence-corrected chi connectivity index (χ4v) is 14.3. The Balaban J connectivity index is 0. The molecule has 14 heteroatoms. The van der Waals surface area contributed by atoms with Crippen LogP contribution in [0.4, 0.5) is 0 Å². The molecule has 12 nitrogen and oxygen atoms in total. The minimum Gasteiger partial charge on any atom is -0.481 e. The quantitative estimate of drug-likeness (QED) is 0.0347. The lowest BCUT2D eigenvalue weighted by Gasteiger charge is -2.23. The molecule has 0 spiro atoms. The van der Waals surface area contributed by atoms with Gasteiger partial charge in [0.15, 0.2) is 0 Å². The number of hydrogen-bond donors (Lipinski definition) is 1. The van der Waals surface area contributed by atoms with Crippen LogP contribution in [0.15, 0.2) is 0 Å². The van der Waals surface area contributed by atoms with E-state index in [1.807, 2.05) is 27.7 Å². The van der Waals surface area contributed by atoms with Crippen molar-refractivity contribution in [2.24, 2.45) is 11.8 Å². The van der Waals surface area contributed by atoms with E-state index in [2.05, 4.69) is 27.7 Å². The van der Waals surface area contributed by atoms with E-state index in [0.717, 1.165) is 57.8 Å². The van der Waals surface area contributed by atoms with Gasteiger partial charge in [-0.3, -0.25) is 28.8 Å². The average Bonchev–Trinajstić information content (AvgIpc) is 1.17. The molecule has 0 amide bonds. The number of carboxylic acids is 1. The van der Waals surface area contributed by atoms with E-state index in [-0.39, 0.29) is 61.2 Å². The molecule has 98 heavy (non-hydrogen) atoms. The third kappa shape index (κ3) is 76.2. The maximum Gasteiger partial charge on any atom is 0.310 e. The molecule has 0 aliphatic heterocycles. The van der Waals surface area contributed by atoms with Gasteiger partial charge in [0.1, 0.15) is 17.8 Å². The zero-order chi connectivity index (χ0) is 72.5. The summed E-state index contributed by atoms with van der Waals surface area (Å²) in [6, 6.07) is 0. The zero-order valence-corrected chi connectivity index (χ0v) is 67.5. The van der Waals surface area contributed by atoms with Crippen LogP contribution >= 0.6 is 23.5 Å². The van der Waals surface area contributed by atoms with E-state index in [4.69, 9.17) is 23.7 Å². The number of ether oxygens (including phenoxy) is 5. The van der Waals surface area contributed by atoms with Crippen molar-refractivity contribution in [3.63, 3.8) is 0 Å². The van der Waals surface area contributed by atoms with Crippen molar-refractivity contribution in [2.45, 2.75) is 453 Å². The molecular weight excluding hydrogens is 1270 g/mol. The molecule has 0 bridgehead atoms. The van der Waals surface area contributed by atoms with Gasteiger partial charge in [-0.15, -0.1) is 0 Å². The summed E-state index contributed by atoms with van der Waals surface area (Å²) in [5.74, 6) is -0.365. The first kappa shape index (κ1) is 97.6. The summed E-state index contributed by atoms with van der Waals surface area (Å²) >= 11 is 3.06. The van der Waals surface area contributed by atoms with Gasteiger partial charge in [0.2, 0.25) is 0 Å². The highest BCUT2D eigenvalue weighted by molar-refractivity contribution is 7.99. The first-order chi connectivity index (χ1) is 47.5. The minimum atomic E-state index is -0.824. The van der Waals surface area contributed by atoms with E-state index >= 15 is 0 Å². The Labute approximate surface area is 614 Å². The Morgan fingerprint density at radius 1 is 0.306 bits per heavy atom. The molecule has 0 rings (SSSR count). The van der Waals surface area contributed by atoms with Crippen molar-refractivity contribution in [1.82, 2.24) is 0 Å². The standard InChI is InChI=1S/C44H84O6S.C40H76O6S/c1-7-9-11-13-15-17-19-21-23-25-27-29-31-33-41(45)48-36-35-40(38-51-37-39(3)43(47)50-44(4,5)6)49-42(46)34-32-30-28-26-24-22-20-18-16-14-12-10-8-2;1-4-6-8-10-12-14-16-18-20-22-24-26-28-30-38(41)45-33-32-37(35-47-34-36(3)40(43)44)46-39(42)31-29-27-25-23-21-19-17-15-13-11-9-7-5-2/h39-40H,7-38H2,1-6H3;36-37H,4-35H2,1-3H3,(H,43,44)/t39-,40?;36-,37?/m00/s1. The molecular formula is C84H160O12S2. The summed E-state index contributed by atoms with van der Waals surface area (Å²) in [6.07, 6.45) is 67.9. The lowest BCUT2D eigenvalue weighted by atomic mass is 10.0. The summed E-state index contributed by atoms with van der Waals surface area (Å²) in [4.78, 5) is 73.6. The van der Waals surface area contributed by atoms with Crippen LogP contribution in [0.25, 0.3) is 0 Å². The summed E-state index contributed by atoms with van der Waals surface area (Å²) in [6.45, 7) is 18.7. The summed E-state index contributed by atoms with van der Waals surface area (Å²) in [5.41, 5.74) is -0.515. The maximum absolute atomic E-state index is 12.8. The van der Waals surface area contributed by atoms with Gasteiger partial charge in [-0.1, -0.05) is 350 Å². The van der Waals surface area contributed by atoms with Crippen LogP contribution in [-0.2, 0) is 52.5 Å². The minimum absolute atomic E-state index is 0.165. The number of carbonyl (C=O) groups excluding carboxylic acids is 5. The Kier molecular flexibility index (Phi) is 75.3. The normalized spacial score (nSPS) is 12.7. The molecule has 4 atom stereocenters. The Bertz CT molecular complexity index is 1770. The van der Waals surface area contributed by atoms with Crippen LogP contribution in [0.5, 0.6) is 0 Å². The highest BCUT2D eigenvalue weighted by Crippen LogP contribution is 2.23. The van der Waals surface area contributed by atoms with Gasteiger partial charge in [-0.25, -0.2) is 0 Å². The topological polar surface area (TPSA) is 169 Å². The second-order valence-corrected chi connectivity index (χ2v) is 32.1. The average molecular weight is 1430 g/mol. The summed E-state index contributed by atoms with van der Waals surface area (Å²) in [7, 11) is 0. The smallest absolute Gasteiger partial charge is 0.310 e. The molecule has 0 heterocycles. The van der Waals surface area contributed by atoms with Gasteiger partial charge in [-0.2, -0.15) is 23.5 Å². The van der Waals surface area contributed by atoms with Crippen molar-refractivity contribution in [1.29, 1.82) is 0 Å². The van der Waals surface area contributed by atoms with E-state index in [1.54, 1.807) is 18.7 Å². The van der Waals surface area contributed by atoms with E-state index in [9.17, 15) is 33.9 Å². The van der Waals surface area contributed by atoms with Gasteiger partial charge >= 0.3 is 35.8 Å². The highest BCUT2D eigenvalue weighted by atomic mass is 32.2. The Hall–Kier alpha value is -2.48. The number of rotatable bonds is 74. The van der Waals surface area contributed by atoms with Crippen molar-refractivity contribution in [3.8, 4) is 0 Å². The van der Waals surface area contributed by atoms with Gasteiger partial charge in [-0.05, 0) is 46.5 Å². The van der Waals surface area contributed by atoms with Gasteiger partial charge in [0.05, 0.1) is 25.0 Å². The van der Waals surface area contributed by atoms with Gasteiger partial charge in [0, 0.05) is 61.5 Å². The maximum atomic E-state index is 12.8. The van der Waals surface area contributed by atoms with E-state index in [1.165, 1.54) is 288 Å². The molecule has 0 aromatic heterocycles. The fourth-order valence-electron chi connectivity index (χ4n) is 12.0. The predicted octanol–water partition coefficient (Wildman–Crippen LogP) is 25.8. The molecule has 0 saturated carbocycles. The first-order valence-corrected chi connectivity index (χ1v) is 44.1. The molecule has 0 fully saturated rings. The van der Waals surface area contributed by atoms with Crippen LogP contribution in [0.1, 0.15) is 435 Å². The second kappa shape index (κ2) is 75.7. The van der Waals surface area contributed by atoms with Crippen LogP contribution in [-0.4, -0.2) is 95.0 Å². The number of unbranched alkanes of at least 4 members (excludes halogenated alkanes) is 48.